The quantitative estimate of drug-likeness (QED) is 0.386. The first-order valence-corrected chi connectivity index (χ1v) is 6.10. The van der Waals surface area contributed by atoms with Gasteiger partial charge in [-0.3, -0.25) is 14.9 Å². The fourth-order valence-corrected chi connectivity index (χ4v) is 1.95. The summed E-state index contributed by atoms with van der Waals surface area (Å²) >= 11 is 8.97. The highest BCUT2D eigenvalue weighted by atomic mass is 79.9. The monoisotopic (exact) mass is 336 g/mol. The zero-order chi connectivity index (χ0) is 13.7. The first kappa shape index (κ1) is 14.7. The molecule has 1 N–H and O–H groups in total. The minimum absolute atomic E-state index is 0.0400. The van der Waals surface area contributed by atoms with Crippen molar-refractivity contribution >= 4 is 44.9 Å². The summed E-state index contributed by atoms with van der Waals surface area (Å²) in [6.07, 6.45) is 0. The molecule has 0 bridgehead atoms. The lowest BCUT2D eigenvalue weighted by Crippen LogP contribution is -2.13. The molecule has 0 heterocycles. The number of anilines is 1. The molecule has 8 heteroatoms. The molecule has 0 unspecified atom stereocenters. The number of carbonyl (C=O) groups excluding carboxylic acids is 1. The van der Waals surface area contributed by atoms with E-state index >= 15 is 0 Å². The van der Waals surface area contributed by atoms with E-state index in [2.05, 4.69) is 21.2 Å². The van der Waals surface area contributed by atoms with E-state index in [1.165, 1.54) is 13.0 Å². The van der Waals surface area contributed by atoms with Crippen LogP contribution in [0.1, 0.15) is 6.92 Å². The Kier molecular flexibility index (Phi) is 5.36. The number of rotatable bonds is 5. The van der Waals surface area contributed by atoms with Crippen molar-refractivity contribution in [3.8, 4) is 0 Å². The van der Waals surface area contributed by atoms with Crippen molar-refractivity contribution in [2.24, 2.45) is 0 Å². The predicted octanol–water partition coefficient (Wildman–Crippen LogP) is 2.99. The summed E-state index contributed by atoms with van der Waals surface area (Å²) in [5, 5.41) is 13.8. The van der Waals surface area contributed by atoms with E-state index in [0.29, 0.717) is 4.47 Å². The van der Waals surface area contributed by atoms with Crippen LogP contribution >= 0.6 is 27.5 Å². The molecule has 0 saturated heterocycles. The van der Waals surface area contributed by atoms with Crippen LogP contribution in [-0.4, -0.2) is 24.0 Å². The number of nitrogens with zero attached hydrogens (tertiary/aromatic N) is 1. The van der Waals surface area contributed by atoms with Gasteiger partial charge in [0.1, 0.15) is 17.3 Å². The van der Waals surface area contributed by atoms with Gasteiger partial charge in [-0.25, -0.2) is 0 Å². The van der Waals surface area contributed by atoms with E-state index in [-0.39, 0.29) is 29.5 Å². The molecule has 0 amide bonds. The maximum Gasteiger partial charge on any atom is 0.311 e. The average molecular weight is 338 g/mol. The highest BCUT2D eigenvalue weighted by Gasteiger charge is 2.21. The van der Waals surface area contributed by atoms with Gasteiger partial charge in [0, 0.05) is 17.9 Å². The average Bonchev–Trinajstić information content (AvgIpc) is 2.27. The molecule has 1 aromatic rings. The van der Waals surface area contributed by atoms with Crippen LogP contribution in [0.5, 0.6) is 0 Å². The molecule has 98 valence electrons. The number of hydrogen-bond donors (Lipinski definition) is 1. The van der Waals surface area contributed by atoms with Crippen molar-refractivity contribution in [3.05, 3.63) is 31.7 Å². The first-order chi connectivity index (χ1) is 8.43. The number of esters is 1. The van der Waals surface area contributed by atoms with Gasteiger partial charge in [0.25, 0.3) is 0 Å². The topological polar surface area (TPSA) is 81.5 Å². The normalized spacial score (nSPS) is 9.94. The van der Waals surface area contributed by atoms with E-state index < -0.39 is 10.9 Å². The Morgan fingerprint density at radius 3 is 2.83 bits per heavy atom. The van der Waals surface area contributed by atoms with Crippen molar-refractivity contribution in [3.63, 3.8) is 0 Å². The minimum Gasteiger partial charge on any atom is -0.464 e. The summed E-state index contributed by atoms with van der Waals surface area (Å²) in [5.74, 6) is -0.406. The van der Waals surface area contributed by atoms with Crippen LogP contribution in [0.4, 0.5) is 11.4 Å². The van der Waals surface area contributed by atoms with Crippen molar-refractivity contribution in [2.75, 3.05) is 18.5 Å². The van der Waals surface area contributed by atoms with Gasteiger partial charge >= 0.3 is 11.7 Å². The Balaban J connectivity index is 2.83. The molecule has 0 fully saturated rings. The highest BCUT2D eigenvalue weighted by molar-refractivity contribution is 9.10. The van der Waals surface area contributed by atoms with Gasteiger partial charge < -0.3 is 10.1 Å². The second-order valence-electron chi connectivity index (χ2n) is 3.28. The van der Waals surface area contributed by atoms with Gasteiger partial charge in [0.05, 0.1) is 4.92 Å². The van der Waals surface area contributed by atoms with Gasteiger partial charge in [-0.15, -0.1) is 0 Å². The number of nitro benzene ring substituents is 1. The standard InChI is InChI=1S/C10H10BrClN2O4/c1-6(15)18-5-4-13-9-7(11)2-3-8(12)10(9)14(16)17/h2-3,13H,4-5H2,1H3. The molecular formula is C10H10BrClN2O4. The number of benzene rings is 1. The lowest BCUT2D eigenvalue weighted by molar-refractivity contribution is -0.383. The fourth-order valence-electron chi connectivity index (χ4n) is 1.26. The van der Waals surface area contributed by atoms with Gasteiger partial charge in [-0.2, -0.15) is 0 Å². The second kappa shape index (κ2) is 6.55. The van der Waals surface area contributed by atoms with E-state index in [1.807, 2.05) is 0 Å². The molecule has 0 atom stereocenters. The van der Waals surface area contributed by atoms with Crippen LogP contribution in [0.25, 0.3) is 0 Å². The number of halogens is 2. The second-order valence-corrected chi connectivity index (χ2v) is 4.54. The maximum absolute atomic E-state index is 10.9. The Morgan fingerprint density at radius 1 is 1.61 bits per heavy atom. The van der Waals surface area contributed by atoms with Crippen LogP contribution < -0.4 is 5.32 Å². The smallest absolute Gasteiger partial charge is 0.311 e. The molecule has 0 spiro atoms. The Hall–Kier alpha value is -1.34. The molecule has 0 aliphatic carbocycles. The van der Waals surface area contributed by atoms with Crippen LogP contribution in [0.2, 0.25) is 5.02 Å². The van der Waals surface area contributed by atoms with E-state index in [9.17, 15) is 14.9 Å². The van der Waals surface area contributed by atoms with Crippen LogP contribution in [0.15, 0.2) is 16.6 Å². The third-order valence-electron chi connectivity index (χ3n) is 1.97. The summed E-state index contributed by atoms with van der Waals surface area (Å²) in [7, 11) is 0. The van der Waals surface area contributed by atoms with Crippen molar-refractivity contribution < 1.29 is 14.5 Å². The van der Waals surface area contributed by atoms with Gasteiger partial charge in [-0.05, 0) is 28.1 Å². The number of hydrogen-bond acceptors (Lipinski definition) is 5. The fraction of sp³-hybridized carbons (Fsp3) is 0.300. The minimum atomic E-state index is -0.568. The van der Waals surface area contributed by atoms with Crippen molar-refractivity contribution in [1.29, 1.82) is 0 Å². The number of nitrogens with one attached hydrogen (secondary N) is 1. The van der Waals surface area contributed by atoms with Crippen molar-refractivity contribution in [2.45, 2.75) is 6.92 Å². The van der Waals surface area contributed by atoms with Crippen molar-refractivity contribution in [1.82, 2.24) is 0 Å². The zero-order valence-electron chi connectivity index (χ0n) is 9.41. The molecule has 1 aromatic carbocycles. The molecule has 0 radical (unpaired) electrons. The lowest BCUT2D eigenvalue weighted by Gasteiger charge is -2.09. The third kappa shape index (κ3) is 3.85. The number of ether oxygens (including phenoxy) is 1. The van der Waals surface area contributed by atoms with Gasteiger partial charge in [-0.1, -0.05) is 11.6 Å². The number of nitro groups is 1. The largest absolute Gasteiger partial charge is 0.464 e. The van der Waals surface area contributed by atoms with E-state index in [1.54, 1.807) is 6.07 Å². The summed E-state index contributed by atoms with van der Waals surface area (Å²) < 4.78 is 5.23. The Labute approximate surface area is 117 Å². The molecule has 0 aliphatic heterocycles. The third-order valence-corrected chi connectivity index (χ3v) is 2.94. The maximum atomic E-state index is 10.9. The van der Waals surface area contributed by atoms with Crippen LogP contribution in [0.3, 0.4) is 0 Å². The molecule has 0 aromatic heterocycles. The summed E-state index contributed by atoms with van der Waals surface area (Å²) in [6, 6.07) is 3.03. The molecular weight excluding hydrogens is 327 g/mol. The molecule has 6 nitrogen and oxygen atoms in total. The SMILES string of the molecule is CC(=O)OCCNc1c(Br)ccc(Cl)c1[N+](=O)[O-]. The van der Waals surface area contributed by atoms with Gasteiger partial charge in [0.15, 0.2) is 0 Å². The first-order valence-electron chi connectivity index (χ1n) is 4.93. The Morgan fingerprint density at radius 2 is 2.28 bits per heavy atom. The number of carbonyl (C=O) groups is 1. The Bertz CT molecular complexity index is 481. The zero-order valence-corrected chi connectivity index (χ0v) is 11.7. The molecule has 0 saturated carbocycles. The molecule has 18 heavy (non-hydrogen) atoms. The van der Waals surface area contributed by atoms with E-state index in [0.717, 1.165) is 0 Å². The van der Waals surface area contributed by atoms with Crippen LogP contribution in [-0.2, 0) is 9.53 Å². The van der Waals surface area contributed by atoms with Crippen LogP contribution in [0, 0.1) is 10.1 Å². The molecule has 0 aliphatic rings. The molecule has 1 rings (SSSR count). The summed E-state index contributed by atoms with van der Waals surface area (Å²) in [5.41, 5.74) is 0.0496. The predicted molar refractivity (Wildman–Crippen MR) is 70.9 cm³/mol. The lowest BCUT2D eigenvalue weighted by atomic mass is 10.2. The van der Waals surface area contributed by atoms with Gasteiger partial charge in [0.2, 0.25) is 0 Å². The summed E-state index contributed by atoms with van der Waals surface area (Å²) in [6.45, 7) is 1.66. The highest BCUT2D eigenvalue weighted by Crippen LogP contribution is 2.38. The summed E-state index contributed by atoms with van der Waals surface area (Å²) in [4.78, 5) is 20.9. The van der Waals surface area contributed by atoms with E-state index in [4.69, 9.17) is 16.3 Å².